The van der Waals surface area contributed by atoms with Crippen LogP contribution in [-0.2, 0) is 29.2 Å². The quantitative estimate of drug-likeness (QED) is 0.680. The average Bonchev–Trinajstić information content (AvgIpc) is 3.19. The Balaban J connectivity index is 1.26. The molecule has 0 radical (unpaired) electrons. The van der Waals surface area contributed by atoms with Crippen LogP contribution in [0.3, 0.4) is 0 Å². The molecule has 2 aromatic rings. The maximum absolute atomic E-state index is 14.1. The van der Waals surface area contributed by atoms with E-state index in [2.05, 4.69) is 10.2 Å². The van der Waals surface area contributed by atoms with Gasteiger partial charge in [-0.1, -0.05) is 41.9 Å². The van der Waals surface area contributed by atoms with Gasteiger partial charge in [0.25, 0.3) is 0 Å². The number of carbonyl (C=O) groups excluding carboxylic acids is 2. The Morgan fingerprint density at radius 3 is 2.47 bits per heavy atom. The second-order valence-electron chi connectivity index (χ2n) is 8.69. The van der Waals surface area contributed by atoms with E-state index in [-0.39, 0.29) is 23.5 Å². The molecular weight excluding hydrogens is 429 g/mol. The molecule has 2 saturated heterocycles. The van der Waals surface area contributed by atoms with E-state index >= 15 is 0 Å². The summed E-state index contributed by atoms with van der Waals surface area (Å²) in [4.78, 5) is 28.8. The summed E-state index contributed by atoms with van der Waals surface area (Å²) >= 11 is 5.83. The van der Waals surface area contributed by atoms with Crippen LogP contribution in [0, 0.1) is 11.7 Å². The Hall–Kier alpha value is -2.44. The molecule has 0 aromatic heterocycles. The smallest absolute Gasteiger partial charge is 0.223 e. The van der Waals surface area contributed by atoms with Crippen molar-refractivity contribution in [2.75, 3.05) is 19.6 Å². The molecule has 2 heterocycles. The molecule has 0 spiro atoms. The van der Waals surface area contributed by atoms with Crippen molar-refractivity contribution in [3.05, 3.63) is 70.0 Å². The van der Waals surface area contributed by atoms with Gasteiger partial charge in [0.1, 0.15) is 5.82 Å². The summed E-state index contributed by atoms with van der Waals surface area (Å²) in [6.07, 6.45) is 3.05. The first kappa shape index (κ1) is 22.7. The number of benzene rings is 2. The van der Waals surface area contributed by atoms with Crippen molar-refractivity contribution < 1.29 is 14.0 Å². The highest BCUT2D eigenvalue weighted by Gasteiger charge is 2.26. The molecule has 0 unspecified atom stereocenters. The van der Waals surface area contributed by atoms with Gasteiger partial charge in [-0.3, -0.25) is 14.5 Å². The van der Waals surface area contributed by atoms with Crippen LogP contribution >= 0.6 is 11.6 Å². The summed E-state index contributed by atoms with van der Waals surface area (Å²) in [7, 11) is 0. The van der Waals surface area contributed by atoms with Crippen LogP contribution in [-0.4, -0.2) is 41.2 Å². The van der Waals surface area contributed by atoms with Crippen molar-refractivity contribution >= 4 is 23.4 Å². The van der Waals surface area contributed by atoms with E-state index in [4.69, 9.17) is 11.6 Å². The predicted octanol–water partition coefficient (Wildman–Crippen LogP) is 4.13. The third-order valence-electron chi connectivity index (χ3n) is 6.47. The van der Waals surface area contributed by atoms with Crippen LogP contribution in [0.1, 0.15) is 42.4 Å². The van der Waals surface area contributed by atoms with Crippen molar-refractivity contribution in [3.8, 4) is 0 Å². The topological polar surface area (TPSA) is 52.7 Å². The highest BCUT2D eigenvalue weighted by atomic mass is 35.5. The Morgan fingerprint density at radius 2 is 1.78 bits per heavy atom. The highest BCUT2D eigenvalue weighted by Crippen LogP contribution is 2.22. The van der Waals surface area contributed by atoms with Gasteiger partial charge in [-0.15, -0.1) is 0 Å². The number of carbonyl (C=O) groups is 2. The first-order chi connectivity index (χ1) is 15.5. The van der Waals surface area contributed by atoms with Gasteiger partial charge in [0.05, 0.1) is 0 Å². The number of hydrogen-bond donors (Lipinski definition) is 1. The Labute approximate surface area is 193 Å². The highest BCUT2D eigenvalue weighted by molar-refractivity contribution is 6.30. The number of amides is 2. The average molecular weight is 458 g/mol. The number of nitrogens with one attached hydrogen (secondary N) is 1. The molecule has 1 N–H and O–H groups in total. The first-order valence-electron chi connectivity index (χ1n) is 11.3. The molecule has 0 atom stereocenters. The molecule has 170 valence electrons. The van der Waals surface area contributed by atoms with Gasteiger partial charge >= 0.3 is 0 Å². The Morgan fingerprint density at radius 1 is 1.03 bits per heavy atom. The van der Waals surface area contributed by atoms with Crippen LogP contribution < -0.4 is 5.32 Å². The maximum atomic E-state index is 14.1. The van der Waals surface area contributed by atoms with Gasteiger partial charge in [0, 0.05) is 49.1 Å². The lowest BCUT2D eigenvalue weighted by atomic mass is 9.95. The van der Waals surface area contributed by atoms with Gasteiger partial charge in [-0.2, -0.15) is 0 Å². The minimum atomic E-state index is -0.285. The van der Waals surface area contributed by atoms with Crippen molar-refractivity contribution in [1.29, 1.82) is 0 Å². The van der Waals surface area contributed by atoms with Crippen LogP contribution in [0.15, 0.2) is 42.5 Å². The molecule has 7 heteroatoms. The van der Waals surface area contributed by atoms with Gasteiger partial charge in [0.15, 0.2) is 0 Å². The van der Waals surface area contributed by atoms with Crippen LogP contribution in [0.25, 0.3) is 0 Å². The zero-order valence-electron chi connectivity index (χ0n) is 18.2. The monoisotopic (exact) mass is 457 g/mol. The Bertz CT molecular complexity index is 975. The zero-order chi connectivity index (χ0) is 22.5. The van der Waals surface area contributed by atoms with Crippen LogP contribution in [0.2, 0.25) is 5.02 Å². The predicted molar refractivity (Wildman–Crippen MR) is 122 cm³/mol. The lowest BCUT2D eigenvalue weighted by Gasteiger charge is -2.31. The Kier molecular flexibility index (Phi) is 7.43. The second kappa shape index (κ2) is 10.5. The first-order valence-corrected chi connectivity index (χ1v) is 11.7. The lowest BCUT2D eigenvalue weighted by molar-refractivity contribution is -0.128. The SMILES string of the molecule is O=C(NCc1ccccc1CN1CCCC1=O)C1CCN(Cc2ccc(Cl)cc2F)CC1. The van der Waals surface area contributed by atoms with E-state index in [9.17, 15) is 14.0 Å². The van der Waals surface area contributed by atoms with E-state index in [1.807, 2.05) is 29.2 Å². The fourth-order valence-electron chi connectivity index (χ4n) is 4.53. The largest absolute Gasteiger partial charge is 0.352 e. The molecule has 2 amide bonds. The van der Waals surface area contributed by atoms with Crippen molar-refractivity contribution in [3.63, 3.8) is 0 Å². The van der Waals surface area contributed by atoms with Gasteiger partial charge in [-0.25, -0.2) is 4.39 Å². The molecule has 32 heavy (non-hydrogen) atoms. The molecule has 2 fully saturated rings. The van der Waals surface area contributed by atoms with Crippen LogP contribution in [0.4, 0.5) is 4.39 Å². The summed E-state index contributed by atoms with van der Waals surface area (Å²) in [6, 6.07) is 12.8. The summed E-state index contributed by atoms with van der Waals surface area (Å²) in [5.74, 6) is -0.0521. The van der Waals surface area contributed by atoms with E-state index < -0.39 is 0 Å². The minimum absolute atomic E-state index is 0.0337. The van der Waals surface area contributed by atoms with Crippen molar-refractivity contribution in [1.82, 2.24) is 15.1 Å². The fourth-order valence-corrected chi connectivity index (χ4v) is 4.69. The number of halogens is 2. The number of hydrogen-bond acceptors (Lipinski definition) is 3. The number of piperidine rings is 1. The third kappa shape index (κ3) is 5.67. The van der Waals surface area contributed by atoms with Gasteiger partial charge < -0.3 is 10.2 Å². The number of rotatable bonds is 7. The summed E-state index contributed by atoms with van der Waals surface area (Å²) in [5.41, 5.74) is 2.77. The molecular formula is C25H29ClFN3O2. The van der Waals surface area contributed by atoms with Crippen molar-refractivity contribution in [2.24, 2.45) is 5.92 Å². The second-order valence-corrected chi connectivity index (χ2v) is 9.13. The number of likely N-dealkylation sites (tertiary alicyclic amines) is 2. The molecule has 5 nitrogen and oxygen atoms in total. The molecule has 0 bridgehead atoms. The lowest BCUT2D eigenvalue weighted by Crippen LogP contribution is -2.40. The van der Waals surface area contributed by atoms with E-state index in [0.29, 0.717) is 36.6 Å². The molecule has 2 aromatic carbocycles. The summed E-state index contributed by atoms with van der Waals surface area (Å²) in [5, 5.41) is 3.49. The molecule has 0 aliphatic carbocycles. The minimum Gasteiger partial charge on any atom is -0.352 e. The maximum Gasteiger partial charge on any atom is 0.223 e. The molecule has 0 saturated carbocycles. The summed E-state index contributed by atoms with van der Waals surface area (Å²) in [6.45, 7) is 3.91. The molecule has 2 aliphatic heterocycles. The van der Waals surface area contributed by atoms with E-state index in [1.165, 1.54) is 6.07 Å². The standard InChI is InChI=1S/C25H29ClFN3O2/c26-22-8-7-21(23(27)14-22)16-29-12-9-18(10-13-29)25(32)28-15-19-4-1-2-5-20(19)17-30-11-3-6-24(30)31/h1-2,4-5,7-8,14,18H,3,6,9-13,15-17H2,(H,28,32). The summed E-state index contributed by atoms with van der Waals surface area (Å²) < 4.78 is 14.1. The number of nitrogens with zero attached hydrogens (tertiary/aromatic N) is 2. The third-order valence-corrected chi connectivity index (χ3v) is 6.71. The fraction of sp³-hybridized carbons (Fsp3) is 0.440. The van der Waals surface area contributed by atoms with E-state index in [1.54, 1.807) is 12.1 Å². The zero-order valence-corrected chi connectivity index (χ0v) is 18.9. The van der Waals surface area contributed by atoms with Crippen LogP contribution in [0.5, 0.6) is 0 Å². The van der Waals surface area contributed by atoms with Gasteiger partial charge in [-0.05, 0) is 55.6 Å². The van der Waals surface area contributed by atoms with Crippen molar-refractivity contribution in [2.45, 2.75) is 45.3 Å². The normalized spacial score (nSPS) is 17.7. The van der Waals surface area contributed by atoms with E-state index in [0.717, 1.165) is 50.0 Å². The molecule has 4 rings (SSSR count). The van der Waals surface area contributed by atoms with Gasteiger partial charge in [0.2, 0.25) is 11.8 Å². The molecule has 2 aliphatic rings.